The molecule has 21 aliphatic rings. The highest BCUT2D eigenvalue weighted by atomic mass is 16.7. The lowest BCUT2D eigenvalue weighted by atomic mass is 9.31. The Balaban J connectivity index is 0.000000169. The van der Waals surface area contributed by atoms with Gasteiger partial charge in [-0.1, -0.05) is 65.3 Å². The Kier molecular flexibility index (Phi) is 18.6. The van der Waals surface area contributed by atoms with Crippen molar-refractivity contribution in [2.24, 2.45) is 146 Å². The molecule has 21 saturated carbocycles. The number of rotatable bonds is 14. The highest BCUT2D eigenvalue weighted by Crippen LogP contribution is 2.78. The van der Waals surface area contributed by atoms with Crippen LogP contribution in [0, 0.1) is 146 Å². The number of hydrogen-bond acceptors (Lipinski definition) is 8. The van der Waals surface area contributed by atoms with Crippen molar-refractivity contribution in [3.8, 4) is 0 Å². The molecule has 8 nitrogen and oxygen atoms in total. The Morgan fingerprint density at radius 3 is 1.04 bits per heavy atom. The Morgan fingerprint density at radius 1 is 0.383 bits per heavy atom. The van der Waals surface area contributed by atoms with Gasteiger partial charge in [-0.15, -0.1) is 0 Å². The SMILES string of the molecule is C.C.C.C.C.C.CCC(C)(C)C(=O)OC(C)(C)C12CC3C4CC5CC3C(C1)C(C5)C4C2.CCC(C)(C)C(=O)OC(C)OC12CC3C4CC5CC3C(C1)C(C5)C4C2.CCC(C)(C)C(=O)OC(C)OC12CC3CC4C5CC(CC41)CC2C5C3. The second kappa shape index (κ2) is 22.5. The maximum atomic E-state index is 12.9. The molecule has 0 aliphatic heterocycles. The second-order valence-corrected chi connectivity index (χ2v) is 32.9. The van der Waals surface area contributed by atoms with Crippen molar-refractivity contribution in [3.05, 3.63) is 0 Å². The van der Waals surface area contributed by atoms with E-state index >= 15 is 0 Å². The van der Waals surface area contributed by atoms with Crippen LogP contribution in [-0.2, 0) is 38.1 Å². The summed E-state index contributed by atoms with van der Waals surface area (Å²) in [6, 6.07) is 0. The Hall–Kier alpha value is -1.67. The molecule has 468 valence electrons. The van der Waals surface area contributed by atoms with E-state index in [0.717, 1.165) is 144 Å². The van der Waals surface area contributed by atoms with Gasteiger partial charge in [0.15, 0.2) is 0 Å². The number of esters is 3. The maximum Gasteiger partial charge on any atom is 0.313 e. The van der Waals surface area contributed by atoms with Crippen molar-refractivity contribution in [1.82, 2.24) is 0 Å². The molecule has 21 rings (SSSR count). The summed E-state index contributed by atoms with van der Waals surface area (Å²) in [6.45, 7) is 26.5. The van der Waals surface area contributed by atoms with Crippen LogP contribution >= 0.6 is 0 Å². The number of carbonyl (C=O) groups is 3. The van der Waals surface area contributed by atoms with Gasteiger partial charge in [0.2, 0.25) is 12.6 Å². The van der Waals surface area contributed by atoms with Crippen molar-refractivity contribution < 1.29 is 38.1 Å². The van der Waals surface area contributed by atoms with Gasteiger partial charge in [0, 0.05) is 5.41 Å². The minimum Gasteiger partial charge on any atom is -0.459 e. The van der Waals surface area contributed by atoms with Crippen molar-refractivity contribution >= 4 is 17.9 Å². The van der Waals surface area contributed by atoms with Gasteiger partial charge in [0.05, 0.1) is 27.4 Å². The highest BCUT2D eigenvalue weighted by molar-refractivity contribution is 5.77. The zero-order chi connectivity index (χ0) is 52.9. The van der Waals surface area contributed by atoms with Crippen LogP contribution in [0.2, 0.25) is 0 Å². The first-order valence-corrected chi connectivity index (χ1v) is 32.3. The van der Waals surface area contributed by atoms with E-state index in [4.69, 9.17) is 23.7 Å². The summed E-state index contributed by atoms with van der Waals surface area (Å²) in [5.74, 6) is 19.6. The summed E-state index contributed by atoms with van der Waals surface area (Å²) >= 11 is 0. The smallest absolute Gasteiger partial charge is 0.313 e. The number of hydrogen-bond donors (Lipinski definition) is 0. The summed E-state index contributed by atoms with van der Waals surface area (Å²) in [6.07, 6.45) is 26.8. The Labute approximate surface area is 498 Å². The average Bonchev–Trinajstić information content (AvgIpc) is 1.66. The molecule has 8 heteroatoms. The van der Waals surface area contributed by atoms with Crippen LogP contribution in [-0.4, -0.2) is 47.3 Å². The topological polar surface area (TPSA) is 97.4 Å². The monoisotopic (exact) mass is 1130 g/mol. The molecular formula is C73H128O8. The van der Waals surface area contributed by atoms with Crippen LogP contribution < -0.4 is 0 Å². The molecule has 0 aromatic heterocycles. The summed E-state index contributed by atoms with van der Waals surface area (Å²) < 4.78 is 31.1. The molecule has 0 aromatic carbocycles. The third-order valence-corrected chi connectivity index (χ3v) is 28.2. The standard InChI is InChI=1S/C23H36O2.2C22H34O3.6CH4/c1-6-21(2,3)20(24)25-22(4,5)23-10-17-14-7-13-8-15(17)19(12-23)16(9-13)18(14)11-23;1-5-21(3,4)20(23)24-12(2)25-22-11-14-7-16-15-6-13(9-18(16)22)10-19(22)17(15)8-14;1-5-21(3,4)20(23)24-12(2)25-22-9-17-14-6-13-7-15(17)19(11-22)16(8-13)18(14)10-22;;;;;;/h13-19H,6-12H2,1-5H3;2*12-19H,5-11H2,1-4H3;6*1H4. The fraction of sp³-hybridized carbons (Fsp3) is 0.959. The zero-order valence-electron chi connectivity index (χ0n) is 49.4. The molecule has 24 bridgehead atoms. The first-order chi connectivity index (χ1) is 35.3. The third kappa shape index (κ3) is 10.1. The summed E-state index contributed by atoms with van der Waals surface area (Å²) in [5, 5.41) is 0. The molecular weight excluding hydrogens is 1000 g/mol. The van der Waals surface area contributed by atoms with E-state index in [1.54, 1.807) is 0 Å². The Bertz CT molecular complexity index is 2100. The van der Waals surface area contributed by atoms with Crippen molar-refractivity contribution in [2.75, 3.05) is 0 Å². The lowest BCUT2D eigenvalue weighted by Gasteiger charge is -2.74. The first kappa shape index (κ1) is 66.8. The summed E-state index contributed by atoms with van der Waals surface area (Å²) in [7, 11) is 0. The van der Waals surface area contributed by atoms with E-state index < -0.39 is 23.4 Å². The van der Waals surface area contributed by atoms with Crippen molar-refractivity contribution in [1.29, 1.82) is 0 Å². The van der Waals surface area contributed by atoms with E-state index in [-0.39, 0.29) is 90.1 Å². The fourth-order valence-electron chi connectivity index (χ4n) is 24.0. The fourth-order valence-corrected chi connectivity index (χ4v) is 24.0. The minimum absolute atomic E-state index is 0. The zero-order valence-corrected chi connectivity index (χ0v) is 49.4. The maximum absolute atomic E-state index is 12.9. The summed E-state index contributed by atoms with van der Waals surface area (Å²) in [4.78, 5) is 37.8. The van der Waals surface area contributed by atoms with Gasteiger partial charge < -0.3 is 23.7 Å². The molecule has 0 saturated heterocycles. The van der Waals surface area contributed by atoms with Gasteiger partial charge in [-0.05, 0) is 328 Å². The van der Waals surface area contributed by atoms with Crippen LogP contribution in [0.25, 0.3) is 0 Å². The van der Waals surface area contributed by atoms with Gasteiger partial charge in [-0.3, -0.25) is 14.4 Å². The van der Waals surface area contributed by atoms with Gasteiger partial charge in [-0.2, -0.15) is 0 Å². The van der Waals surface area contributed by atoms with Crippen LogP contribution in [0.3, 0.4) is 0 Å². The molecule has 81 heavy (non-hydrogen) atoms. The van der Waals surface area contributed by atoms with E-state index in [1.807, 2.05) is 69.2 Å². The number of ether oxygens (including phenoxy) is 5. The quantitative estimate of drug-likeness (QED) is 0.0964. The summed E-state index contributed by atoms with van der Waals surface area (Å²) in [5.41, 5.74) is -1.24. The average molecular weight is 1130 g/mol. The molecule has 0 aromatic rings. The third-order valence-electron chi connectivity index (χ3n) is 28.2. The van der Waals surface area contributed by atoms with Gasteiger partial charge in [0.25, 0.3) is 0 Å². The van der Waals surface area contributed by atoms with Crippen molar-refractivity contribution in [3.63, 3.8) is 0 Å². The Morgan fingerprint density at radius 2 is 0.679 bits per heavy atom. The van der Waals surface area contributed by atoms with Crippen LogP contribution in [0.15, 0.2) is 0 Å². The molecule has 6 unspecified atom stereocenters. The van der Waals surface area contributed by atoms with Crippen LogP contribution in [0.1, 0.15) is 269 Å². The molecule has 21 aliphatic carbocycles. The molecule has 0 radical (unpaired) electrons. The van der Waals surface area contributed by atoms with E-state index in [2.05, 4.69) is 20.8 Å². The molecule has 21 fully saturated rings. The molecule has 0 spiro atoms. The minimum atomic E-state index is -0.420. The normalized spacial score (nSPS) is 46.4. The van der Waals surface area contributed by atoms with E-state index in [0.29, 0.717) is 0 Å². The van der Waals surface area contributed by atoms with Gasteiger partial charge in [-0.25, -0.2) is 0 Å². The first-order valence-electron chi connectivity index (χ1n) is 32.3. The van der Waals surface area contributed by atoms with Gasteiger partial charge >= 0.3 is 17.9 Å². The van der Waals surface area contributed by atoms with Crippen LogP contribution in [0.5, 0.6) is 0 Å². The van der Waals surface area contributed by atoms with E-state index in [9.17, 15) is 14.4 Å². The predicted octanol–water partition coefficient (Wildman–Crippen LogP) is 18.8. The molecule has 0 heterocycles. The van der Waals surface area contributed by atoms with Crippen LogP contribution in [0.4, 0.5) is 0 Å². The van der Waals surface area contributed by atoms with Gasteiger partial charge in [0.1, 0.15) is 5.60 Å². The van der Waals surface area contributed by atoms with E-state index in [1.165, 1.54) is 116 Å². The molecule has 0 N–H and O–H groups in total. The lowest BCUT2D eigenvalue weighted by Crippen LogP contribution is -2.72. The van der Waals surface area contributed by atoms with Crippen molar-refractivity contribution in [2.45, 2.75) is 299 Å². The lowest BCUT2D eigenvalue weighted by molar-refractivity contribution is -0.338. The second-order valence-electron chi connectivity index (χ2n) is 32.9. The largest absolute Gasteiger partial charge is 0.459 e. The molecule has 0 amide bonds. The predicted molar refractivity (Wildman–Crippen MR) is 330 cm³/mol. The molecule has 6 atom stereocenters. The highest BCUT2D eigenvalue weighted by Gasteiger charge is 2.73. The number of carbonyl (C=O) groups excluding carboxylic acids is 3.